The summed E-state index contributed by atoms with van der Waals surface area (Å²) in [6, 6.07) is 10.3. The Balaban J connectivity index is 1.50. The van der Waals surface area contributed by atoms with Gasteiger partial charge in [0.2, 0.25) is 11.8 Å². The molecule has 0 unspecified atom stereocenters. The van der Waals surface area contributed by atoms with Crippen molar-refractivity contribution in [1.82, 2.24) is 9.80 Å². The van der Waals surface area contributed by atoms with E-state index in [1.807, 2.05) is 17.5 Å². The standard InChI is InChI=1S/C33H49FN2O3S/c1-2-3-4-5-6-7-8-9-10-11-12-17-32(37)36(25-30-15-13-22-39-30)27-33(38)35(26-31-16-14-23-40-31)24-28-18-20-29(34)21-19-28/h14,16,18-21,23,30H,2-13,15,17,22,24-27H2,1H3/t30-/m1/s1. The second kappa shape index (κ2) is 19.0. The Morgan fingerprint density at radius 2 is 1.55 bits per heavy atom. The SMILES string of the molecule is CCCCCCCCCCCCCC(=O)N(CC(=O)N(Cc1ccc(F)cc1)Cc1cccs1)C[C@H]1CCCO1. The summed E-state index contributed by atoms with van der Waals surface area (Å²) in [6.07, 6.45) is 16.0. The van der Waals surface area contributed by atoms with Crippen molar-refractivity contribution in [3.63, 3.8) is 0 Å². The normalized spacial score (nSPS) is 14.9. The molecule has 2 aromatic rings. The minimum Gasteiger partial charge on any atom is -0.376 e. The highest BCUT2D eigenvalue weighted by atomic mass is 32.1. The van der Waals surface area contributed by atoms with Crippen LogP contribution in [0.15, 0.2) is 41.8 Å². The number of hydrogen-bond donors (Lipinski definition) is 0. The first-order chi connectivity index (χ1) is 19.5. The van der Waals surface area contributed by atoms with Crippen molar-refractivity contribution in [1.29, 1.82) is 0 Å². The van der Waals surface area contributed by atoms with E-state index in [2.05, 4.69) is 6.92 Å². The van der Waals surface area contributed by atoms with Gasteiger partial charge in [-0.05, 0) is 48.4 Å². The average Bonchev–Trinajstić information content (AvgIpc) is 3.67. The van der Waals surface area contributed by atoms with Crippen LogP contribution in [0.25, 0.3) is 0 Å². The monoisotopic (exact) mass is 572 g/mol. The van der Waals surface area contributed by atoms with Crippen molar-refractivity contribution in [3.05, 3.63) is 58.0 Å². The zero-order valence-corrected chi connectivity index (χ0v) is 25.3. The molecular formula is C33H49FN2O3S. The zero-order chi connectivity index (χ0) is 28.4. The summed E-state index contributed by atoms with van der Waals surface area (Å²) in [4.78, 5) is 31.5. The molecule has 1 aromatic heterocycles. The van der Waals surface area contributed by atoms with E-state index in [-0.39, 0.29) is 30.3 Å². The smallest absolute Gasteiger partial charge is 0.242 e. The number of hydrogen-bond acceptors (Lipinski definition) is 4. The number of amides is 2. The van der Waals surface area contributed by atoms with Gasteiger partial charge < -0.3 is 14.5 Å². The van der Waals surface area contributed by atoms with Gasteiger partial charge in [-0.1, -0.05) is 89.3 Å². The summed E-state index contributed by atoms with van der Waals surface area (Å²) in [7, 11) is 0. The van der Waals surface area contributed by atoms with Gasteiger partial charge in [-0.25, -0.2) is 4.39 Å². The molecule has 1 saturated heterocycles. The third-order valence-corrected chi connectivity index (χ3v) is 8.55. The predicted molar refractivity (Wildman–Crippen MR) is 162 cm³/mol. The summed E-state index contributed by atoms with van der Waals surface area (Å²) in [6.45, 7) is 4.32. The predicted octanol–water partition coefficient (Wildman–Crippen LogP) is 8.12. The first-order valence-electron chi connectivity index (χ1n) is 15.5. The third kappa shape index (κ3) is 12.5. The molecule has 0 radical (unpaired) electrons. The molecular weight excluding hydrogens is 523 g/mol. The molecule has 1 aliphatic rings. The Kier molecular flexibility index (Phi) is 15.3. The number of thiophene rings is 1. The fourth-order valence-corrected chi connectivity index (χ4v) is 6.00. The summed E-state index contributed by atoms with van der Waals surface area (Å²) in [5.74, 6) is -0.351. The molecule has 1 aromatic carbocycles. The Bertz CT molecular complexity index is 961. The average molecular weight is 573 g/mol. The van der Waals surface area contributed by atoms with Crippen LogP contribution in [0.4, 0.5) is 4.39 Å². The molecule has 0 spiro atoms. The van der Waals surface area contributed by atoms with Gasteiger partial charge in [0.25, 0.3) is 0 Å². The summed E-state index contributed by atoms with van der Waals surface area (Å²) in [5, 5.41) is 2.00. The number of halogens is 1. The van der Waals surface area contributed by atoms with Crippen LogP contribution < -0.4 is 0 Å². The highest BCUT2D eigenvalue weighted by molar-refractivity contribution is 7.09. The van der Waals surface area contributed by atoms with E-state index in [1.165, 1.54) is 69.9 Å². The van der Waals surface area contributed by atoms with Gasteiger partial charge in [-0.3, -0.25) is 9.59 Å². The molecule has 0 aliphatic carbocycles. The highest BCUT2D eigenvalue weighted by Crippen LogP contribution is 2.19. The zero-order valence-electron chi connectivity index (χ0n) is 24.5. The van der Waals surface area contributed by atoms with Gasteiger partial charge in [-0.2, -0.15) is 0 Å². The van der Waals surface area contributed by atoms with E-state index in [4.69, 9.17) is 4.74 Å². The maximum Gasteiger partial charge on any atom is 0.242 e. The van der Waals surface area contributed by atoms with Crippen LogP contribution in [0.1, 0.15) is 107 Å². The Morgan fingerprint density at radius 1 is 0.875 bits per heavy atom. The van der Waals surface area contributed by atoms with E-state index in [0.717, 1.165) is 36.1 Å². The van der Waals surface area contributed by atoms with Crippen molar-refractivity contribution < 1.29 is 18.7 Å². The first kappa shape index (κ1) is 32.3. The Hall–Kier alpha value is -2.25. The van der Waals surface area contributed by atoms with Crippen LogP contribution in [-0.4, -0.2) is 47.4 Å². The van der Waals surface area contributed by atoms with Crippen LogP contribution in [0, 0.1) is 5.82 Å². The minimum absolute atomic E-state index is 0.00285. The van der Waals surface area contributed by atoms with Crippen LogP contribution in [-0.2, 0) is 27.4 Å². The van der Waals surface area contributed by atoms with Crippen LogP contribution in [0.2, 0.25) is 0 Å². The number of benzene rings is 1. The number of rotatable bonds is 20. The molecule has 222 valence electrons. The van der Waals surface area contributed by atoms with Crippen molar-refractivity contribution in [2.75, 3.05) is 19.7 Å². The number of ether oxygens (including phenoxy) is 1. The van der Waals surface area contributed by atoms with Gasteiger partial charge in [-0.15, -0.1) is 11.3 Å². The van der Waals surface area contributed by atoms with E-state index in [1.54, 1.807) is 33.3 Å². The van der Waals surface area contributed by atoms with E-state index >= 15 is 0 Å². The van der Waals surface area contributed by atoms with Gasteiger partial charge in [0.05, 0.1) is 19.2 Å². The number of nitrogens with zero attached hydrogens (tertiary/aromatic N) is 2. The topological polar surface area (TPSA) is 49.9 Å². The molecule has 2 amide bonds. The van der Waals surface area contributed by atoms with Gasteiger partial charge in [0, 0.05) is 31.0 Å². The van der Waals surface area contributed by atoms with Crippen LogP contribution in [0.5, 0.6) is 0 Å². The molecule has 1 aliphatic heterocycles. The summed E-state index contributed by atoms with van der Waals surface area (Å²) >= 11 is 1.60. The summed E-state index contributed by atoms with van der Waals surface area (Å²) < 4.78 is 19.3. The third-order valence-electron chi connectivity index (χ3n) is 7.69. The lowest BCUT2D eigenvalue weighted by Crippen LogP contribution is -2.45. The number of carbonyl (C=O) groups is 2. The van der Waals surface area contributed by atoms with Crippen molar-refractivity contribution in [2.24, 2.45) is 0 Å². The summed E-state index contributed by atoms with van der Waals surface area (Å²) in [5.41, 5.74) is 0.865. The lowest BCUT2D eigenvalue weighted by atomic mass is 10.0. The van der Waals surface area contributed by atoms with Gasteiger partial charge in [0.1, 0.15) is 5.82 Å². The van der Waals surface area contributed by atoms with Crippen molar-refractivity contribution in [3.8, 4) is 0 Å². The molecule has 2 heterocycles. The van der Waals surface area contributed by atoms with Gasteiger partial charge >= 0.3 is 0 Å². The minimum atomic E-state index is -0.296. The molecule has 0 bridgehead atoms. The maximum atomic E-state index is 13.6. The molecule has 40 heavy (non-hydrogen) atoms. The lowest BCUT2D eigenvalue weighted by Gasteiger charge is -2.29. The molecule has 1 fully saturated rings. The first-order valence-corrected chi connectivity index (χ1v) is 16.4. The van der Waals surface area contributed by atoms with Crippen molar-refractivity contribution >= 4 is 23.2 Å². The molecule has 3 rings (SSSR count). The Morgan fingerprint density at radius 3 is 2.15 bits per heavy atom. The number of unbranched alkanes of at least 4 members (excludes halogenated alkanes) is 10. The van der Waals surface area contributed by atoms with Gasteiger partial charge in [0.15, 0.2) is 0 Å². The Labute approximate surface area is 245 Å². The van der Waals surface area contributed by atoms with Crippen molar-refractivity contribution in [2.45, 2.75) is 116 Å². The fourth-order valence-electron chi connectivity index (χ4n) is 5.28. The number of carbonyl (C=O) groups excluding carboxylic acids is 2. The quantitative estimate of drug-likeness (QED) is 0.151. The molecule has 0 N–H and O–H groups in total. The molecule has 1 atom stereocenters. The maximum absolute atomic E-state index is 13.6. The lowest BCUT2D eigenvalue weighted by molar-refractivity contribution is -0.142. The molecule has 0 saturated carbocycles. The highest BCUT2D eigenvalue weighted by Gasteiger charge is 2.26. The largest absolute Gasteiger partial charge is 0.376 e. The second-order valence-electron chi connectivity index (χ2n) is 11.2. The van der Waals surface area contributed by atoms with Crippen LogP contribution in [0.3, 0.4) is 0 Å². The van der Waals surface area contributed by atoms with E-state index in [0.29, 0.717) is 32.7 Å². The van der Waals surface area contributed by atoms with E-state index in [9.17, 15) is 14.0 Å². The fraction of sp³-hybridized carbons (Fsp3) is 0.636. The van der Waals surface area contributed by atoms with Crippen LogP contribution >= 0.6 is 11.3 Å². The second-order valence-corrected chi connectivity index (χ2v) is 12.2. The molecule has 5 nitrogen and oxygen atoms in total. The van der Waals surface area contributed by atoms with E-state index < -0.39 is 0 Å². The molecule has 7 heteroatoms.